The van der Waals surface area contributed by atoms with Gasteiger partial charge in [-0.2, -0.15) is 0 Å². The van der Waals surface area contributed by atoms with Crippen molar-refractivity contribution in [2.45, 2.75) is 32.5 Å². The van der Waals surface area contributed by atoms with Gasteiger partial charge >= 0.3 is 0 Å². The summed E-state index contributed by atoms with van der Waals surface area (Å²) in [6, 6.07) is 5.79. The normalized spacial score (nSPS) is 23.4. The predicted molar refractivity (Wildman–Crippen MR) is 94.1 cm³/mol. The predicted octanol–water partition coefficient (Wildman–Crippen LogP) is 0.226. The molecule has 24 heavy (non-hydrogen) atoms. The maximum Gasteiger partial charge on any atom is 0.244 e. The van der Waals surface area contributed by atoms with Crippen molar-refractivity contribution in [1.82, 2.24) is 10.9 Å². The average Bonchev–Trinajstić information content (AvgIpc) is 2.52. The van der Waals surface area contributed by atoms with E-state index in [1.54, 1.807) is 12.1 Å². The maximum absolute atomic E-state index is 12.8. The van der Waals surface area contributed by atoms with Crippen LogP contribution in [0.2, 0.25) is 0 Å². The minimum absolute atomic E-state index is 0.127. The summed E-state index contributed by atoms with van der Waals surface area (Å²) in [7, 11) is 0. The van der Waals surface area contributed by atoms with Gasteiger partial charge in [-0.15, -0.1) is 0 Å². The van der Waals surface area contributed by atoms with Crippen LogP contribution >= 0.6 is 12.2 Å². The number of nitrogens with one attached hydrogen (secondary N) is 4. The van der Waals surface area contributed by atoms with Crippen LogP contribution in [0.1, 0.15) is 20.3 Å². The van der Waals surface area contributed by atoms with Crippen LogP contribution in [0.3, 0.4) is 0 Å². The number of thiocarbonyl (C=S) groups is 1. The second kappa shape index (κ2) is 8.91. The van der Waals surface area contributed by atoms with E-state index < -0.39 is 0 Å². The van der Waals surface area contributed by atoms with E-state index in [1.807, 2.05) is 0 Å². The number of ether oxygens (including phenoxy) is 1. The summed E-state index contributed by atoms with van der Waals surface area (Å²) in [5, 5.41) is 3.10. The van der Waals surface area contributed by atoms with E-state index in [4.69, 9.17) is 17.0 Å². The molecule has 0 aromatic heterocycles. The molecule has 1 saturated heterocycles. The Labute approximate surface area is 146 Å². The first-order chi connectivity index (χ1) is 11.4. The molecule has 1 heterocycles. The molecular weight excluding hydrogens is 331 g/mol. The van der Waals surface area contributed by atoms with E-state index in [-0.39, 0.29) is 29.0 Å². The highest BCUT2D eigenvalue weighted by molar-refractivity contribution is 7.80. The van der Waals surface area contributed by atoms with Gasteiger partial charge < -0.3 is 15.0 Å². The Kier molecular flexibility index (Phi) is 6.89. The first-order valence-corrected chi connectivity index (χ1v) is 8.43. The summed E-state index contributed by atoms with van der Waals surface area (Å²) in [6.45, 7) is 6.68. The lowest BCUT2D eigenvalue weighted by atomic mass is 10.2. The van der Waals surface area contributed by atoms with Gasteiger partial charge in [0.25, 0.3) is 0 Å². The molecule has 1 aromatic carbocycles. The van der Waals surface area contributed by atoms with E-state index in [9.17, 15) is 9.18 Å². The van der Waals surface area contributed by atoms with Gasteiger partial charge in [0.15, 0.2) is 5.11 Å². The van der Waals surface area contributed by atoms with Crippen molar-refractivity contribution in [3.8, 4) is 0 Å². The summed E-state index contributed by atoms with van der Waals surface area (Å²) >= 11 is 5.08. The Bertz CT molecular complexity index is 560. The Morgan fingerprint density at radius 1 is 1.25 bits per heavy atom. The van der Waals surface area contributed by atoms with Crippen LogP contribution in [0, 0.1) is 5.82 Å². The largest absolute Gasteiger partial charge is 0.364 e. The highest BCUT2D eigenvalue weighted by atomic mass is 32.1. The molecule has 2 rings (SSSR count). The minimum atomic E-state index is -0.318. The number of hydrogen-bond acceptors (Lipinski definition) is 3. The van der Waals surface area contributed by atoms with Gasteiger partial charge in [0.2, 0.25) is 5.91 Å². The highest BCUT2D eigenvalue weighted by Crippen LogP contribution is 2.07. The number of halogens is 1. The fourth-order valence-electron chi connectivity index (χ4n) is 2.77. The van der Waals surface area contributed by atoms with Gasteiger partial charge in [0.05, 0.1) is 13.0 Å². The first-order valence-electron chi connectivity index (χ1n) is 8.03. The second-order valence-electron chi connectivity index (χ2n) is 6.05. The molecule has 1 aromatic rings. The van der Waals surface area contributed by atoms with E-state index in [1.165, 1.54) is 17.0 Å². The number of quaternary nitrogens is 1. The number of amides is 1. The molecule has 1 aliphatic heterocycles. The number of hydrazine groups is 1. The number of anilines is 1. The van der Waals surface area contributed by atoms with Crippen molar-refractivity contribution in [3.05, 3.63) is 30.1 Å². The van der Waals surface area contributed by atoms with E-state index >= 15 is 0 Å². The van der Waals surface area contributed by atoms with Gasteiger partial charge in [-0.1, -0.05) is 0 Å². The fraction of sp³-hybridized carbons (Fsp3) is 0.500. The summed E-state index contributed by atoms with van der Waals surface area (Å²) in [5.74, 6) is -0.445. The topological polar surface area (TPSA) is 66.8 Å². The summed E-state index contributed by atoms with van der Waals surface area (Å²) in [4.78, 5) is 13.3. The third-order valence-electron chi connectivity index (χ3n) is 3.74. The SMILES string of the molecule is C[C@H]1C[NH+](CCC(=O)NNC(=S)Nc2ccc(F)cc2)C[C@H](C)O1. The monoisotopic (exact) mass is 355 g/mol. The summed E-state index contributed by atoms with van der Waals surface area (Å²) < 4.78 is 18.5. The molecule has 1 fully saturated rings. The molecule has 4 N–H and O–H groups in total. The molecule has 0 radical (unpaired) electrons. The summed E-state index contributed by atoms with van der Waals surface area (Å²) in [6.07, 6.45) is 0.843. The molecule has 0 aliphatic carbocycles. The van der Waals surface area contributed by atoms with Crippen molar-refractivity contribution in [3.63, 3.8) is 0 Å². The number of morpholine rings is 1. The van der Waals surface area contributed by atoms with Crippen molar-refractivity contribution < 1.29 is 18.8 Å². The van der Waals surface area contributed by atoms with Crippen LogP contribution < -0.4 is 21.1 Å². The Morgan fingerprint density at radius 2 is 1.88 bits per heavy atom. The molecule has 6 nitrogen and oxygen atoms in total. The zero-order valence-electron chi connectivity index (χ0n) is 13.9. The Hall–Kier alpha value is -1.77. The van der Waals surface area contributed by atoms with Crippen LogP contribution in [0.5, 0.6) is 0 Å². The standard InChI is InChI=1S/C16H23FN4O2S/c1-11-9-21(10-12(2)23-11)8-7-15(22)19-20-16(24)18-14-5-3-13(17)4-6-14/h3-6,11-12H,7-10H2,1-2H3,(H,19,22)(H2,18,20,24)/p+1/t11-,12-/m0/s1. The molecule has 1 aliphatic rings. The molecule has 1 amide bonds. The third kappa shape index (κ3) is 6.38. The molecule has 8 heteroatoms. The number of hydrogen-bond donors (Lipinski definition) is 4. The highest BCUT2D eigenvalue weighted by Gasteiger charge is 2.25. The van der Waals surface area contributed by atoms with Crippen LogP contribution in [0.25, 0.3) is 0 Å². The van der Waals surface area contributed by atoms with Crippen LogP contribution in [0.4, 0.5) is 10.1 Å². The minimum Gasteiger partial charge on any atom is -0.364 e. The van der Waals surface area contributed by atoms with Crippen molar-refractivity contribution in [2.24, 2.45) is 0 Å². The molecule has 0 saturated carbocycles. The summed E-state index contributed by atoms with van der Waals surface area (Å²) in [5.41, 5.74) is 5.85. The zero-order chi connectivity index (χ0) is 17.5. The number of carbonyl (C=O) groups is 1. The van der Waals surface area contributed by atoms with Gasteiger partial charge in [-0.25, -0.2) is 4.39 Å². The number of benzene rings is 1. The number of carbonyl (C=O) groups excluding carboxylic acids is 1. The van der Waals surface area contributed by atoms with Crippen molar-refractivity contribution in [2.75, 3.05) is 25.0 Å². The number of rotatable bonds is 4. The van der Waals surface area contributed by atoms with Crippen LogP contribution in [0.15, 0.2) is 24.3 Å². The van der Waals surface area contributed by atoms with E-state index in [0.29, 0.717) is 12.1 Å². The third-order valence-corrected chi connectivity index (χ3v) is 3.94. The maximum atomic E-state index is 12.8. The zero-order valence-corrected chi connectivity index (χ0v) is 14.7. The van der Waals surface area contributed by atoms with Crippen molar-refractivity contribution >= 4 is 28.9 Å². The first kappa shape index (κ1) is 18.6. The molecule has 0 bridgehead atoms. The van der Waals surface area contributed by atoms with Crippen molar-refractivity contribution in [1.29, 1.82) is 0 Å². The van der Waals surface area contributed by atoms with Crippen LogP contribution in [-0.2, 0) is 9.53 Å². The van der Waals surface area contributed by atoms with Gasteiger partial charge in [0, 0.05) is 5.69 Å². The van der Waals surface area contributed by atoms with Gasteiger partial charge in [0.1, 0.15) is 31.1 Å². The second-order valence-corrected chi connectivity index (χ2v) is 6.46. The fourth-order valence-corrected chi connectivity index (χ4v) is 2.94. The Balaban J connectivity index is 1.65. The van der Waals surface area contributed by atoms with Gasteiger partial charge in [-0.05, 0) is 50.3 Å². The average molecular weight is 355 g/mol. The quantitative estimate of drug-likeness (QED) is 0.460. The molecule has 0 unspecified atom stereocenters. The molecule has 0 spiro atoms. The molecular formula is C16H24FN4O2S+. The van der Waals surface area contributed by atoms with E-state index in [2.05, 4.69) is 30.0 Å². The molecule has 2 atom stereocenters. The molecule has 132 valence electrons. The lowest BCUT2D eigenvalue weighted by Gasteiger charge is -2.32. The van der Waals surface area contributed by atoms with Gasteiger partial charge in [-0.3, -0.25) is 15.6 Å². The Morgan fingerprint density at radius 3 is 2.50 bits per heavy atom. The lowest BCUT2D eigenvalue weighted by molar-refractivity contribution is -0.914. The van der Waals surface area contributed by atoms with E-state index in [0.717, 1.165) is 19.6 Å². The van der Waals surface area contributed by atoms with Crippen LogP contribution in [-0.4, -0.2) is 42.9 Å². The lowest BCUT2D eigenvalue weighted by Crippen LogP contribution is -3.15. The smallest absolute Gasteiger partial charge is 0.244 e.